The lowest BCUT2D eigenvalue weighted by Crippen LogP contribution is -2.17. The smallest absolute Gasteiger partial charge is 0.271 e. The van der Waals surface area contributed by atoms with Crippen LogP contribution in [0.5, 0.6) is 5.75 Å². The molecule has 3 rings (SSSR count). The number of carbonyl (C=O) groups is 1. The first-order chi connectivity index (χ1) is 11.5. The molecule has 0 aromatic heterocycles. The molecule has 120 valence electrons. The summed E-state index contributed by atoms with van der Waals surface area (Å²) < 4.78 is 1.48. The summed E-state index contributed by atoms with van der Waals surface area (Å²) in [5.41, 5.74) is 3.89. The minimum Gasteiger partial charge on any atom is -0.506 e. The summed E-state index contributed by atoms with van der Waals surface area (Å²) in [4.78, 5) is 12.2. The maximum Gasteiger partial charge on any atom is 0.271 e. The third-order valence-electron chi connectivity index (χ3n) is 3.43. The Morgan fingerprint density at radius 1 is 1.00 bits per heavy atom. The SMILES string of the molecule is O=C(N/N=C\c1cc(I)c(O)c(I)c1)c1ccc2ccccc2c1. The minimum atomic E-state index is -0.264. The molecule has 3 aromatic carbocycles. The van der Waals surface area contributed by atoms with Crippen LogP contribution in [0.4, 0.5) is 0 Å². The maximum atomic E-state index is 12.2. The fourth-order valence-corrected chi connectivity index (χ4v) is 4.04. The number of hydrogen-bond donors (Lipinski definition) is 2. The number of amides is 1. The molecule has 0 aliphatic carbocycles. The molecular formula is C18H12I2N2O2. The van der Waals surface area contributed by atoms with Gasteiger partial charge in [-0.1, -0.05) is 30.3 Å². The van der Waals surface area contributed by atoms with E-state index >= 15 is 0 Å². The molecule has 1 amide bonds. The minimum absolute atomic E-state index is 0.258. The van der Waals surface area contributed by atoms with Crippen molar-refractivity contribution in [3.8, 4) is 5.75 Å². The molecule has 6 heteroatoms. The standard InChI is InChI=1S/C18H12I2N2O2/c19-15-7-11(8-16(20)17(15)23)10-21-22-18(24)14-6-5-12-3-1-2-4-13(12)9-14/h1-10,23H,(H,22,24)/b21-10-. The molecule has 4 nitrogen and oxygen atoms in total. The van der Waals surface area contributed by atoms with Gasteiger partial charge in [-0.2, -0.15) is 5.10 Å². The van der Waals surface area contributed by atoms with E-state index in [9.17, 15) is 9.90 Å². The van der Waals surface area contributed by atoms with Crippen LogP contribution >= 0.6 is 45.2 Å². The summed E-state index contributed by atoms with van der Waals surface area (Å²) in [5, 5.41) is 15.8. The van der Waals surface area contributed by atoms with E-state index in [1.807, 2.05) is 36.4 Å². The van der Waals surface area contributed by atoms with Crippen LogP contribution in [0.2, 0.25) is 0 Å². The first kappa shape index (κ1) is 17.2. The average molecular weight is 542 g/mol. The van der Waals surface area contributed by atoms with Gasteiger partial charge in [-0.15, -0.1) is 0 Å². The van der Waals surface area contributed by atoms with Crippen LogP contribution in [0, 0.1) is 7.14 Å². The van der Waals surface area contributed by atoms with Crippen molar-refractivity contribution < 1.29 is 9.90 Å². The van der Waals surface area contributed by atoms with Gasteiger partial charge in [0.1, 0.15) is 5.75 Å². The van der Waals surface area contributed by atoms with E-state index in [-0.39, 0.29) is 11.7 Å². The summed E-state index contributed by atoms with van der Waals surface area (Å²) in [6.07, 6.45) is 1.56. The Hall–Kier alpha value is -1.68. The summed E-state index contributed by atoms with van der Waals surface area (Å²) >= 11 is 4.11. The van der Waals surface area contributed by atoms with Gasteiger partial charge >= 0.3 is 0 Å². The number of carbonyl (C=O) groups excluding carboxylic acids is 1. The van der Waals surface area contributed by atoms with E-state index in [0.717, 1.165) is 23.5 Å². The highest BCUT2D eigenvalue weighted by Gasteiger charge is 2.06. The number of nitrogens with one attached hydrogen (secondary N) is 1. The van der Waals surface area contributed by atoms with E-state index in [2.05, 4.69) is 55.7 Å². The van der Waals surface area contributed by atoms with Crippen LogP contribution in [-0.4, -0.2) is 17.2 Å². The Morgan fingerprint density at radius 3 is 2.38 bits per heavy atom. The van der Waals surface area contributed by atoms with Crippen molar-refractivity contribution in [1.29, 1.82) is 0 Å². The van der Waals surface area contributed by atoms with Gasteiger partial charge in [0.2, 0.25) is 0 Å². The van der Waals surface area contributed by atoms with Gasteiger partial charge in [-0.25, -0.2) is 5.43 Å². The molecule has 0 unspecified atom stereocenters. The van der Waals surface area contributed by atoms with E-state index < -0.39 is 0 Å². The molecule has 0 aliphatic heterocycles. The monoisotopic (exact) mass is 542 g/mol. The molecule has 0 aliphatic rings. The quantitative estimate of drug-likeness (QED) is 0.291. The molecule has 0 atom stereocenters. The Morgan fingerprint density at radius 2 is 1.67 bits per heavy atom. The van der Waals surface area contributed by atoms with E-state index in [1.54, 1.807) is 24.4 Å². The number of phenols is 1. The molecule has 3 aromatic rings. The van der Waals surface area contributed by atoms with Gasteiger partial charge in [0.15, 0.2) is 0 Å². The number of halogens is 2. The zero-order valence-corrected chi connectivity index (χ0v) is 16.6. The lowest BCUT2D eigenvalue weighted by Gasteiger charge is -2.03. The number of rotatable bonds is 3. The molecule has 0 fully saturated rings. The summed E-state index contributed by atoms with van der Waals surface area (Å²) in [6, 6.07) is 17.0. The first-order valence-corrected chi connectivity index (χ1v) is 9.20. The van der Waals surface area contributed by atoms with Crippen molar-refractivity contribution in [3.05, 3.63) is 72.9 Å². The number of hydrazone groups is 1. The zero-order chi connectivity index (χ0) is 17.1. The van der Waals surface area contributed by atoms with Gasteiger partial charge in [0.25, 0.3) is 5.91 Å². The third-order valence-corrected chi connectivity index (χ3v) is 5.08. The molecule has 0 bridgehead atoms. The second-order valence-electron chi connectivity index (χ2n) is 5.09. The number of benzene rings is 3. The van der Waals surface area contributed by atoms with E-state index in [4.69, 9.17) is 0 Å². The molecule has 0 radical (unpaired) electrons. The van der Waals surface area contributed by atoms with Crippen LogP contribution in [0.25, 0.3) is 10.8 Å². The molecule has 0 spiro atoms. The molecule has 2 N–H and O–H groups in total. The molecule has 0 heterocycles. The van der Waals surface area contributed by atoms with Crippen molar-refractivity contribution in [1.82, 2.24) is 5.43 Å². The first-order valence-electron chi connectivity index (χ1n) is 7.05. The third kappa shape index (κ3) is 3.86. The Kier molecular flexibility index (Phi) is 5.34. The van der Waals surface area contributed by atoms with Crippen molar-refractivity contribution in [2.45, 2.75) is 0 Å². The fourth-order valence-electron chi connectivity index (χ4n) is 2.22. The largest absolute Gasteiger partial charge is 0.506 e. The molecular weight excluding hydrogens is 530 g/mol. The van der Waals surface area contributed by atoms with E-state index in [1.165, 1.54) is 0 Å². The Balaban J connectivity index is 1.74. The highest BCUT2D eigenvalue weighted by Crippen LogP contribution is 2.26. The highest BCUT2D eigenvalue weighted by molar-refractivity contribution is 14.1. The second-order valence-corrected chi connectivity index (χ2v) is 7.42. The van der Waals surface area contributed by atoms with Crippen molar-refractivity contribution >= 4 is 68.1 Å². The fraction of sp³-hybridized carbons (Fsp3) is 0. The van der Waals surface area contributed by atoms with Crippen molar-refractivity contribution in [2.75, 3.05) is 0 Å². The Bertz CT molecular complexity index is 932. The van der Waals surface area contributed by atoms with Gasteiger partial charge in [-0.05, 0) is 85.8 Å². The average Bonchev–Trinajstić information content (AvgIpc) is 2.59. The summed E-state index contributed by atoms with van der Waals surface area (Å²) in [6.45, 7) is 0. The van der Waals surface area contributed by atoms with Gasteiger partial charge in [0.05, 0.1) is 13.4 Å². The van der Waals surface area contributed by atoms with Crippen LogP contribution in [0.1, 0.15) is 15.9 Å². The molecule has 24 heavy (non-hydrogen) atoms. The van der Waals surface area contributed by atoms with Crippen LogP contribution in [0.3, 0.4) is 0 Å². The molecule has 0 saturated carbocycles. The number of phenolic OH excluding ortho intramolecular Hbond substituents is 1. The number of aromatic hydroxyl groups is 1. The Labute approximate surface area is 166 Å². The van der Waals surface area contributed by atoms with Crippen molar-refractivity contribution in [2.24, 2.45) is 5.10 Å². The number of fused-ring (bicyclic) bond motifs is 1. The number of nitrogens with zero attached hydrogens (tertiary/aromatic N) is 1. The lowest BCUT2D eigenvalue weighted by atomic mass is 10.1. The number of hydrogen-bond acceptors (Lipinski definition) is 3. The topological polar surface area (TPSA) is 61.7 Å². The zero-order valence-electron chi connectivity index (χ0n) is 12.3. The predicted octanol–water partition coefficient (Wildman–Crippen LogP) is 4.52. The van der Waals surface area contributed by atoms with Crippen molar-refractivity contribution in [3.63, 3.8) is 0 Å². The second kappa shape index (κ2) is 7.47. The van der Waals surface area contributed by atoms with Crippen LogP contribution in [-0.2, 0) is 0 Å². The predicted molar refractivity (Wildman–Crippen MR) is 113 cm³/mol. The summed E-state index contributed by atoms with van der Waals surface area (Å²) in [7, 11) is 0. The van der Waals surface area contributed by atoms with Gasteiger partial charge < -0.3 is 5.11 Å². The van der Waals surface area contributed by atoms with Crippen LogP contribution in [0.15, 0.2) is 59.7 Å². The van der Waals surface area contributed by atoms with Crippen LogP contribution < -0.4 is 5.43 Å². The lowest BCUT2D eigenvalue weighted by molar-refractivity contribution is 0.0955. The van der Waals surface area contributed by atoms with Gasteiger partial charge in [-0.3, -0.25) is 4.79 Å². The maximum absolute atomic E-state index is 12.2. The van der Waals surface area contributed by atoms with Gasteiger partial charge in [0, 0.05) is 5.56 Å². The normalized spacial score (nSPS) is 11.1. The molecule has 0 saturated heterocycles. The van der Waals surface area contributed by atoms with E-state index in [0.29, 0.717) is 5.56 Å². The summed E-state index contributed by atoms with van der Waals surface area (Å²) in [5.74, 6) is -0.00581. The highest BCUT2D eigenvalue weighted by atomic mass is 127.